The van der Waals surface area contributed by atoms with Crippen LogP contribution in [0.2, 0.25) is 0 Å². The Labute approximate surface area is 160 Å². The number of pyridine rings is 1. The number of ketones is 1. The number of benzene rings is 1. The molecule has 0 spiro atoms. The number of rotatable bonds is 4. The van der Waals surface area contributed by atoms with Crippen LogP contribution in [0.25, 0.3) is 0 Å². The van der Waals surface area contributed by atoms with Crippen molar-refractivity contribution in [2.75, 3.05) is 11.1 Å². The third kappa shape index (κ3) is 4.18. The minimum absolute atomic E-state index is 0.0712. The molecule has 5 nitrogen and oxygen atoms in total. The van der Waals surface area contributed by atoms with Gasteiger partial charge in [0.25, 0.3) is 5.91 Å². The van der Waals surface area contributed by atoms with E-state index in [-0.39, 0.29) is 17.6 Å². The quantitative estimate of drug-likeness (QED) is 0.804. The first-order valence-electron chi connectivity index (χ1n) is 9.49. The van der Waals surface area contributed by atoms with E-state index in [1.165, 1.54) is 6.20 Å². The maximum atomic E-state index is 13.0. The number of carbonyl (C=O) groups excluding carboxylic acids is 2. The van der Waals surface area contributed by atoms with Gasteiger partial charge >= 0.3 is 0 Å². The number of anilines is 2. The molecule has 0 aliphatic heterocycles. The lowest BCUT2D eigenvalue weighted by Crippen LogP contribution is -2.38. The molecule has 1 aliphatic carbocycles. The molecule has 1 fully saturated rings. The summed E-state index contributed by atoms with van der Waals surface area (Å²) in [5, 5.41) is 2.70. The summed E-state index contributed by atoms with van der Waals surface area (Å²) in [6.07, 6.45) is 3.12. The maximum Gasteiger partial charge on any atom is 0.292 e. The predicted octanol–water partition coefficient (Wildman–Crippen LogP) is 3.95. The molecule has 3 N–H and O–H groups in total. The Balaban J connectivity index is 1.81. The molecule has 1 aliphatic rings. The molecule has 1 saturated carbocycles. The first kappa shape index (κ1) is 19.1. The highest BCUT2D eigenvalue weighted by Crippen LogP contribution is 2.43. The first-order chi connectivity index (χ1) is 12.9. The van der Waals surface area contributed by atoms with Gasteiger partial charge in [-0.1, -0.05) is 44.2 Å². The maximum absolute atomic E-state index is 13.0. The minimum Gasteiger partial charge on any atom is -0.383 e. The highest BCUT2D eigenvalue weighted by molar-refractivity contribution is 6.41. The van der Waals surface area contributed by atoms with Crippen molar-refractivity contribution >= 4 is 23.2 Å². The number of nitrogens with one attached hydrogen (secondary N) is 1. The van der Waals surface area contributed by atoms with Crippen LogP contribution < -0.4 is 11.1 Å². The molecule has 5 heteroatoms. The molecule has 0 bridgehead atoms. The van der Waals surface area contributed by atoms with Gasteiger partial charge in [0.1, 0.15) is 5.82 Å². The standard InChI is InChI=1S/C22H27N3O2/c1-13-10-18(16-7-5-4-6-8-16)19(11-14(13)2)20(26)22(27)25-17-9-15(3)21(23)24-12-17/h4-9,12-14,18-19H,10-11H2,1-3H3,(H2,23,24)(H,25,27)/t13-,14+,18-,19?/m0/s1. The van der Waals surface area contributed by atoms with E-state index in [9.17, 15) is 9.59 Å². The summed E-state index contributed by atoms with van der Waals surface area (Å²) in [5.41, 5.74) is 8.11. The Morgan fingerprint density at radius 3 is 2.44 bits per heavy atom. The van der Waals surface area contributed by atoms with Crippen molar-refractivity contribution in [3.8, 4) is 0 Å². The summed E-state index contributed by atoms with van der Waals surface area (Å²) >= 11 is 0. The van der Waals surface area contributed by atoms with Crippen LogP contribution in [0.5, 0.6) is 0 Å². The normalized spacial score (nSPS) is 25.0. The summed E-state index contributed by atoms with van der Waals surface area (Å²) in [4.78, 5) is 29.7. The molecule has 0 saturated heterocycles. The van der Waals surface area contributed by atoms with Gasteiger partial charge < -0.3 is 11.1 Å². The van der Waals surface area contributed by atoms with E-state index in [0.29, 0.717) is 23.3 Å². The zero-order valence-electron chi connectivity index (χ0n) is 16.1. The van der Waals surface area contributed by atoms with Gasteiger partial charge in [-0.15, -0.1) is 0 Å². The number of aryl methyl sites for hydroxylation is 1. The number of nitrogen functional groups attached to an aromatic ring is 1. The van der Waals surface area contributed by atoms with Crippen molar-refractivity contribution < 1.29 is 9.59 Å². The third-order valence-corrected chi connectivity index (χ3v) is 5.87. The molecule has 1 aromatic carbocycles. The van der Waals surface area contributed by atoms with Gasteiger partial charge in [0.2, 0.25) is 5.78 Å². The van der Waals surface area contributed by atoms with E-state index in [1.807, 2.05) is 25.1 Å². The van der Waals surface area contributed by atoms with Gasteiger partial charge in [0, 0.05) is 5.92 Å². The number of carbonyl (C=O) groups is 2. The molecule has 1 unspecified atom stereocenters. The molecule has 1 heterocycles. The Hall–Kier alpha value is -2.69. The van der Waals surface area contributed by atoms with Gasteiger partial charge in [-0.2, -0.15) is 0 Å². The highest BCUT2D eigenvalue weighted by atomic mass is 16.2. The zero-order chi connectivity index (χ0) is 19.6. The van der Waals surface area contributed by atoms with E-state index < -0.39 is 5.91 Å². The number of Topliss-reactive ketones (excluding diaryl/α,β-unsaturated/α-hetero) is 1. The van der Waals surface area contributed by atoms with Gasteiger partial charge in [-0.25, -0.2) is 4.98 Å². The van der Waals surface area contributed by atoms with Crippen molar-refractivity contribution in [1.82, 2.24) is 4.98 Å². The van der Waals surface area contributed by atoms with Crippen LogP contribution in [0, 0.1) is 24.7 Å². The summed E-state index contributed by atoms with van der Waals surface area (Å²) < 4.78 is 0. The second kappa shape index (κ2) is 7.91. The Kier molecular flexibility index (Phi) is 5.59. The molecular weight excluding hydrogens is 338 g/mol. The Morgan fingerprint density at radius 1 is 1.11 bits per heavy atom. The van der Waals surface area contributed by atoms with Crippen molar-refractivity contribution in [2.24, 2.45) is 17.8 Å². The lowest BCUT2D eigenvalue weighted by molar-refractivity contribution is -0.139. The first-order valence-corrected chi connectivity index (χ1v) is 9.49. The molecule has 1 amide bonds. The fourth-order valence-electron chi connectivity index (χ4n) is 3.97. The van der Waals surface area contributed by atoms with Crippen molar-refractivity contribution in [3.05, 3.63) is 53.7 Å². The van der Waals surface area contributed by atoms with Crippen LogP contribution in [0.15, 0.2) is 42.6 Å². The zero-order valence-corrected chi connectivity index (χ0v) is 16.1. The number of nitrogens with zero attached hydrogens (tertiary/aromatic N) is 1. The van der Waals surface area contributed by atoms with Crippen molar-refractivity contribution in [1.29, 1.82) is 0 Å². The van der Waals surface area contributed by atoms with E-state index >= 15 is 0 Å². The van der Waals surface area contributed by atoms with E-state index in [0.717, 1.165) is 24.0 Å². The molecule has 1 aromatic heterocycles. The van der Waals surface area contributed by atoms with E-state index in [1.54, 1.807) is 6.07 Å². The average Bonchev–Trinajstić information content (AvgIpc) is 2.66. The minimum atomic E-state index is -0.575. The molecule has 27 heavy (non-hydrogen) atoms. The molecule has 142 valence electrons. The highest BCUT2D eigenvalue weighted by Gasteiger charge is 2.40. The van der Waals surface area contributed by atoms with Gasteiger partial charge in [-0.05, 0) is 54.7 Å². The number of amides is 1. The lowest BCUT2D eigenvalue weighted by atomic mass is 9.66. The molecular formula is C22H27N3O2. The van der Waals surface area contributed by atoms with Crippen LogP contribution in [0.3, 0.4) is 0 Å². The fourth-order valence-corrected chi connectivity index (χ4v) is 3.97. The predicted molar refractivity (Wildman–Crippen MR) is 107 cm³/mol. The molecule has 2 aromatic rings. The Bertz CT molecular complexity index is 835. The topological polar surface area (TPSA) is 85.1 Å². The van der Waals surface area contributed by atoms with E-state index in [2.05, 4.69) is 36.3 Å². The summed E-state index contributed by atoms with van der Waals surface area (Å²) in [6, 6.07) is 11.8. The number of nitrogens with two attached hydrogens (primary N) is 1. The SMILES string of the molecule is Cc1cc(NC(=O)C(=O)C2C[C@@H](C)[C@@H](C)C[C@H]2c2ccccc2)cnc1N. The lowest BCUT2D eigenvalue weighted by Gasteiger charge is -2.38. The Morgan fingerprint density at radius 2 is 1.78 bits per heavy atom. The smallest absolute Gasteiger partial charge is 0.292 e. The number of hydrogen-bond acceptors (Lipinski definition) is 4. The van der Waals surface area contributed by atoms with Gasteiger partial charge in [0.15, 0.2) is 0 Å². The summed E-state index contributed by atoms with van der Waals surface area (Å²) in [6.45, 7) is 6.21. The van der Waals surface area contributed by atoms with Crippen molar-refractivity contribution in [2.45, 2.75) is 39.5 Å². The van der Waals surface area contributed by atoms with Gasteiger partial charge in [-0.3, -0.25) is 9.59 Å². The monoisotopic (exact) mass is 365 g/mol. The van der Waals surface area contributed by atoms with Gasteiger partial charge in [0.05, 0.1) is 11.9 Å². The summed E-state index contributed by atoms with van der Waals surface area (Å²) in [5.74, 6) is 0.186. The largest absolute Gasteiger partial charge is 0.383 e. The van der Waals surface area contributed by atoms with Crippen LogP contribution in [0.1, 0.15) is 43.7 Å². The van der Waals surface area contributed by atoms with Crippen LogP contribution in [0.4, 0.5) is 11.5 Å². The van der Waals surface area contributed by atoms with E-state index in [4.69, 9.17) is 5.73 Å². The molecule has 0 radical (unpaired) electrons. The summed E-state index contributed by atoms with van der Waals surface area (Å²) in [7, 11) is 0. The van der Waals surface area contributed by atoms with Crippen LogP contribution >= 0.6 is 0 Å². The number of aromatic nitrogens is 1. The van der Waals surface area contributed by atoms with Crippen LogP contribution in [-0.2, 0) is 9.59 Å². The average molecular weight is 365 g/mol. The molecule has 4 atom stereocenters. The van der Waals surface area contributed by atoms with Crippen LogP contribution in [-0.4, -0.2) is 16.7 Å². The fraction of sp³-hybridized carbons (Fsp3) is 0.409. The second-order valence-corrected chi connectivity index (χ2v) is 7.79. The van der Waals surface area contributed by atoms with Crippen molar-refractivity contribution in [3.63, 3.8) is 0 Å². The number of hydrogen-bond donors (Lipinski definition) is 2. The second-order valence-electron chi connectivity index (χ2n) is 7.79. The molecule has 3 rings (SSSR count). The third-order valence-electron chi connectivity index (χ3n) is 5.87.